The van der Waals surface area contributed by atoms with Gasteiger partial charge in [0.25, 0.3) is 0 Å². The van der Waals surface area contributed by atoms with Crippen LogP contribution in [-0.2, 0) is 17.9 Å². The first kappa shape index (κ1) is 32.0. The minimum atomic E-state index is 0. The van der Waals surface area contributed by atoms with E-state index in [1.807, 2.05) is 37.3 Å². The van der Waals surface area contributed by atoms with Gasteiger partial charge in [0, 0.05) is 0 Å². The Morgan fingerprint density at radius 2 is 1.21 bits per heavy atom. The molecule has 2 nitrogen and oxygen atoms in total. The summed E-state index contributed by atoms with van der Waals surface area (Å²) in [5.74, 6) is 5.51. The second kappa shape index (κ2) is 14.8. The average Bonchev–Trinajstić information content (AvgIpc) is 3.10. The molecule has 38 heavy (non-hydrogen) atoms. The molecular formula is C34H41ClIrNO. The van der Waals surface area contributed by atoms with Crippen molar-refractivity contribution < 1.29 is 22.6 Å². The summed E-state index contributed by atoms with van der Waals surface area (Å²) in [5, 5.41) is 4.90. The maximum absolute atomic E-state index is 5.19. The van der Waals surface area contributed by atoms with Gasteiger partial charge in [-0.15, -0.1) is 29.1 Å². The van der Waals surface area contributed by atoms with E-state index in [9.17, 15) is 0 Å². The molecule has 5 rings (SSSR count). The molecule has 0 atom stereocenters. The van der Waals surface area contributed by atoms with E-state index >= 15 is 0 Å². The summed E-state index contributed by atoms with van der Waals surface area (Å²) < 4.78 is 5.19. The number of halogens is 1. The number of methoxy groups -OCH3 is 1. The normalized spacial score (nSPS) is 22.6. The molecule has 0 spiro atoms. The summed E-state index contributed by atoms with van der Waals surface area (Å²) in [5.41, 5.74) is 2.86. The molecule has 1 aliphatic rings. The Labute approximate surface area is 245 Å². The Hall–Kier alpha value is -2.19. The monoisotopic (exact) mass is 707 g/mol. The number of hydrogen-bond donors (Lipinski definition) is 0. The molecule has 0 aliphatic heterocycles. The Morgan fingerprint density at radius 1 is 0.737 bits per heavy atom. The molecule has 0 aromatic heterocycles. The molecule has 1 aliphatic carbocycles. The number of fused-ring (bicyclic) bond motifs is 2. The van der Waals surface area contributed by atoms with Gasteiger partial charge in [-0.05, 0) is 70.3 Å². The van der Waals surface area contributed by atoms with Crippen LogP contribution >= 0.6 is 9.58 Å². The zero-order valence-corrected chi connectivity index (χ0v) is 27.0. The SMILES string of the molecule is CC1C(C)C(C)C(C)C1C.COc1ccc(N=C(C)c2[c-]cc3cc4ccccc4cc3c2)cc1.[CH3-].[Cl][Ir+2]. The first-order chi connectivity index (χ1) is 17.8. The molecule has 0 heterocycles. The van der Waals surface area contributed by atoms with Gasteiger partial charge in [-0.1, -0.05) is 83.3 Å². The van der Waals surface area contributed by atoms with Gasteiger partial charge in [0.1, 0.15) is 5.75 Å². The van der Waals surface area contributed by atoms with Crippen LogP contribution in [0.1, 0.15) is 47.1 Å². The van der Waals surface area contributed by atoms with E-state index in [4.69, 9.17) is 9.73 Å². The molecule has 1 fully saturated rings. The van der Waals surface area contributed by atoms with Crippen molar-refractivity contribution in [1.29, 1.82) is 0 Å². The number of nitrogens with zero attached hydrogens (tertiary/aromatic N) is 1. The minimum absolute atomic E-state index is 0. The summed E-state index contributed by atoms with van der Waals surface area (Å²) in [7, 11) is 6.30. The number of aliphatic imine (C=N–C) groups is 1. The third kappa shape index (κ3) is 7.47. The summed E-state index contributed by atoms with van der Waals surface area (Å²) >= 11 is 1.47. The third-order valence-corrected chi connectivity index (χ3v) is 8.54. The average molecular weight is 707 g/mol. The summed E-state index contributed by atoms with van der Waals surface area (Å²) in [4.78, 5) is 4.70. The van der Waals surface area contributed by atoms with Crippen LogP contribution in [0.4, 0.5) is 5.69 Å². The number of ether oxygens (including phenoxy) is 1. The molecule has 0 saturated heterocycles. The number of rotatable bonds is 3. The van der Waals surface area contributed by atoms with Crippen LogP contribution in [0.15, 0.2) is 77.8 Å². The van der Waals surface area contributed by atoms with Crippen molar-refractivity contribution in [1.82, 2.24) is 0 Å². The van der Waals surface area contributed by atoms with Gasteiger partial charge >= 0.3 is 27.5 Å². The van der Waals surface area contributed by atoms with E-state index < -0.39 is 0 Å². The first-order valence-electron chi connectivity index (χ1n) is 12.9. The predicted molar refractivity (Wildman–Crippen MR) is 163 cm³/mol. The summed E-state index contributed by atoms with van der Waals surface area (Å²) in [6.07, 6.45) is 0. The molecule has 0 unspecified atom stereocenters. The second-order valence-electron chi connectivity index (χ2n) is 10.4. The van der Waals surface area contributed by atoms with Crippen molar-refractivity contribution in [2.45, 2.75) is 41.5 Å². The van der Waals surface area contributed by atoms with E-state index in [1.165, 1.54) is 39.4 Å². The van der Waals surface area contributed by atoms with Crippen LogP contribution in [0.2, 0.25) is 0 Å². The molecule has 4 heteroatoms. The maximum atomic E-state index is 5.19. The molecule has 0 amide bonds. The molecule has 4 aromatic carbocycles. The topological polar surface area (TPSA) is 21.6 Å². The van der Waals surface area contributed by atoms with Crippen LogP contribution in [0.25, 0.3) is 21.5 Å². The van der Waals surface area contributed by atoms with Crippen LogP contribution in [-0.4, -0.2) is 12.8 Å². The molecule has 204 valence electrons. The zero-order chi connectivity index (χ0) is 27.1. The van der Waals surface area contributed by atoms with Gasteiger partial charge in [-0.2, -0.15) is 0 Å². The Balaban J connectivity index is 0.000000330. The molecular weight excluding hydrogens is 666 g/mol. The fourth-order valence-electron chi connectivity index (χ4n) is 5.39. The van der Waals surface area contributed by atoms with Gasteiger partial charge < -0.3 is 17.2 Å². The van der Waals surface area contributed by atoms with Crippen molar-refractivity contribution in [2.75, 3.05) is 7.11 Å². The van der Waals surface area contributed by atoms with Gasteiger partial charge in [0.05, 0.1) is 12.8 Å². The van der Waals surface area contributed by atoms with E-state index in [1.54, 1.807) is 7.11 Å². The van der Waals surface area contributed by atoms with E-state index in [0.29, 0.717) is 0 Å². The van der Waals surface area contributed by atoms with Crippen molar-refractivity contribution in [3.8, 4) is 5.75 Å². The molecule has 0 radical (unpaired) electrons. The predicted octanol–water partition coefficient (Wildman–Crippen LogP) is 10.3. The fraction of sp³-hybridized carbons (Fsp3) is 0.353. The Morgan fingerprint density at radius 3 is 1.68 bits per heavy atom. The first-order valence-corrected chi connectivity index (χ1v) is 15.9. The second-order valence-corrected chi connectivity index (χ2v) is 10.4. The van der Waals surface area contributed by atoms with Crippen LogP contribution in [0.5, 0.6) is 5.75 Å². The Kier molecular flexibility index (Phi) is 12.5. The van der Waals surface area contributed by atoms with Crippen LogP contribution in [0.3, 0.4) is 0 Å². The summed E-state index contributed by atoms with van der Waals surface area (Å²) in [6, 6.07) is 28.2. The summed E-state index contributed by atoms with van der Waals surface area (Å²) in [6.45, 7) is 14.0. The van der Waals surface area contributed by atoms with Crippen molar-refractivity contribution in [3.05, 3.63) is 91.9 Å². The van der Waals surface area contributed by atoms with Gasteiger partial charge in [0.2, 0.25) is 0 Å². The Bertz CT molecular complexity index is 1290. The number of hydrogen-bond acceptors (Lipinski definition) is 2. The quantitative estimate of drug-likeness (QED) is 0.118. The standard InChI is InChI=1S/C23H18NO.C10H20.CH3.ClH.Ir/c1-16(24-22-9-11-23(25-2)12-10-22)17-7-8-20-14-18-5-3-4-6-19(18)15-21(20)13-17;1-6-7(2)9(4)10(5)8(6)3;;;/h3-6,8-15H,1-2H3;6-10H,1-5H3;1H3;1H;/q-1;;-1;;+3/p-1. The van der Waals surface area contributed by atoms with Crippen molar-refractivity contribution in [3.63, 3.8) is 0 Å². The molecule has 0 bridgehead atoms. The fourth-order valence-corrected chi connectivity index (χ4v) is 5.39. The van der Waals surface area contributed by atoms with Gasteiger partial charge in [-0.3, -0.25) is 0 Å². The van der Waals surface area contributed by atoms with Crippen LogP contribution in [0, 0.1) is 43.1 Å². The van der Waals surface area contributed by atoms with Crippen LogP contribution < -0.4 is 4.74 Å². The molecule has 1 saturated carbocycles. The number of benzene rings is 4. The van der Waals surface area contributed by atoms with E-state index in [2.05, 4.69) is 92.7 Å². The third-order valence-electron chi connectivity index (χ3n) is 8.54. The van der Waals surface area contributed by atoms with E-state index in [0.717, 1.165) is 52.3 Å². The van der Waals surface area contributed by atoms with Gasteiger partial charge in [0.15, 0.2) is 0 Å². The van der Waals surface area contributed by atoms with Crippen molar-refractivity contribution in [2.24, 2.45) is 34.6 Å². The van der Waals surface area contributed by atoms with Gasteiger partial charge in [-0.25, -0.2) is 0 Å². The van der Waals surface area contributed by atoms with Crippen molar-refractivity contribution >= 4 is 42.5 Å². The van der Waals surface area contributed by atoms with E-state index in [-0.39, 0.29) is 7.43 Å². The zero-order valence-electron chi connectivity index (χ0n) is 23.9. The molecule has 0 N–H and O–H groups in total. The molecule has 4 aromatic rings.